The number of carbonyl (C=O) groups is 1. The first-order valence-corrected chi connectivity index (χ1v) is 11.4. The number of carbonyl (C=O) groups excluding carboxylic acids is 1. The molecule has 1 aliphatic heterocycles. The summed E-state index contributed by atoms with van der Waals surface area (Å²) in [6.45, 7) is 1.31. The number of ether oxygens (including phenoxy) is 1. The van der Waals surface area contributed by atoms with E-state index in [0.29, 0.717) is 22.7 Å². The van der Waals surface area contributed by atoms with Crippen LogP contribution in [0.25, 0.3) is 22.2 Å². The zero-order chi connectivity index (χ0) is 20.5. The monoisotopic (exact) mass is 424 g/mol. The second-order valence-corrected chi connectivity index (χ2v) is 8.76. The average molecular weight is 425 g/mol. The molecule has 1 saturated heterocycles. The SMILES string of the molecule is O=C(CSc1nc2c(-c3ccccc3)c[nH]c2c(=O)n1C1CC1)NCC1CCCO1. The van der Waals surface area contributed by atoms with Crippen molar-refractivity contribution in [2.24, 2.45) is 0 Å². The minimum atomic E-state index is -0.0652. The third-order valence-corrected chi connectivity index (χ3v) is 6.53. The van der Waals surface area contributed by atoms with E-state index in [1.54, 1.807) is 4.57 Å². The maximum atomic E-state index is 13.2. The third kappa shape index (κ3) is 3.89. The number of H-pyrrole nitrogens is 1. The molecule has 1 saturated carbocycles. The Morgan fingerprint density at radius 3 is 2.83 bits per heavy atom. The van der Waals surface area contributed by atoms with Gasteiger partial charge in [0.2, 0.25) is 5.91 Å². The van der Waals surface area contributed by atoms with Crippen LogP contribution in [0.4, 0.5) is 0 Å². The summed E-state index contributed by atoms with van der Waals surface area (Å²) >= 11 is 1.33. The molecule has 30 heavy (non-hydrogen) atoms. The Kier molecular flexibility index (Phi) is 5.35. The molecule has 1 atom stereocenters. The second kappa shape index (κ2) is 8.28. The summed E-state index contributed by atoms with van der Waals surface area (Å²) in [4.78, 5) is 33.5. The Morgan fingerprint density at radius 1 is 1.27 bits per heavy atom. The quantitative estimate of drug-likeness (QED) is 0.449. The van der Waals surface area contributed by atoms with Crippen molar-refractivity contribution in [1.29, 1.82) is 0 Å². The van der Waals surface area contributed by atoms with E-state index in [9.17, 15) is 9.59 Å². The van der Waals surface area contributed by atoms with Crippen LogP contribution in [0.5, 0.6) is 0 Å². The van der Waals surface area contributed by atoms with Crippen molar-refractivity contribution in [3.8, 4) is 11.1 Å². The molecule has 0 radical (unpaired) electrons. The molecule has 2 aliphatic rings. The molecule has 1 amide bonds. The van der Waals surface area contributed by atoms with E-state index in [2.05, 4.69) is 10.3 Å². The molecule has 3 heterocycles. The van der Waals surface area contributed by atoms with Gasteiger partial charge in [-0.2, -0.15) is 0 Å². The molecular formula is C22H24N4O3S. The molecular weight excluding hydrogens is 400 g/mol. The van der Waals surface area contributed by atoms with Gasteiger partial charge in [-0.1, -0.05) is 42.1 Å². The van der Waals surface area contributed by atoms with Gasteiger partial charge in [0.05, 0.1) is 11.9 Å². The first-order valence-electron chi connectivity index (χ1n) is 10.4. The van der Waals surface area contributed by atoms with Crippen molar-refractivity contribution in [2.75, 3.05) is 18.9 Å². The molecule has 0 bridgehead atoms. The lowest BCUT2D eigenvalue weighted by atomic mass is 10.1. The number of rotatable bonds is 7. The number of aromatic amines is 1. The van der Waals surface area contributed by atoms with E-state index in [0.717, 1.165) is 43.4 Å². The first-order chi connectivity index (χ1) is 14.7. The van der Waals surface area contributed by atoms with E-state index >= 15 is 0 Å². The summed E-state index contributed by atoms with van der Waals surface area (Å²) in [7, 11) is 0. The molecule has 0 spiro atoms. The molecule has 156 valence electrons. The smallest absolute Gasteiger partial charge is 0.278 e. The molecule has 1 aromatic carbocycles. The van der Waals surface area contributed by atoms with Gasteiger partial charge in [0, 0.05) is 31.0 Å². The number of fused-ring (bicyclic) bond motifs is 1. The molecule has 2 N–H and O–H groups in total. The molecule has 1 unspecified atom stereocenters. The predicted octanol–water partition coefficient (Wildman–Crippen LogP) is 3.11. The van der Waals surface area contributed by atoms with Crippen LogP contribution >= 0.6 is 11.8 Å². The Bertz CT molecular complexity index is 1110. The third-order valence-electron chi connectivity index (χ3n) is 5.58. The van der Waals surface area contributed by atoms with E-state index < -0.39 is 0 Å². The van der Waals surface area contributed by atoms with Crippen molar-refractivity contribution < 1.29 is 9.53 Å². The van der Waals surface area contributed by atoms with E-state index in [-0.39, 0.29) is 29.4 Å². The Labute approximate surface area is 178 Å². The number of thioether (sulfide) groups is 1. The summed E-state index contributed by atoms with van der Waals surface area (Å²) in [5.74, 6) is 0.159. The van der Waals surface area contributed by atoms with Crippen molar-refractivity contribution in [1.82, 2.24) is 19.9 Å². The molecule has 3 aromatic rings. The fourth-order valence-electron chi connectivity index (χ4n) is 3.86. The average Bonchev–Trinajstić information content (AvgIpc) is 3.28. The van der Waals surface area contributed by atoms with Gasteiger partial charge in [0.15, 0.2) is 5.16 Å². The van der Waals surface area contributed by atoms with Gasteiger partial charge in [-0.05, 0) is 31.2 Å². The molecule has 2 aromatic heterocycles. The largest absolute Gasteiger partial charge is 0.376 e. The zero-order valence-electron chi connectivity index (χ0n) is 16.6. The van der Waals surface area contributed by atoms with Crippen LogP contribution in [-0.2, 0) is 9.53 Å². The fourth-order valence-corrected chi connectivity index (χ4v) is 4.75. The molecule has 2 fully saturated rings. The van der Waals surface area contributed by atoms with Crippen molar-refractivity contribution in [2.45, 2.75) is 43.0 Å². The number of hydrogen-bond acceptors (Lipinski definition) is 5. The van der Waals surface area contributed by atoms with Crippen LogP contribution in [0.3, 0.4) is 0 Å². The van der Waals surface area contributed by atoms with Gasteiger partial charge >= 0.3 is 0 Å². The van der Waals surface area contributed by atoms with Crippen LogP contribution in [0.1, 0.15) is 31.7 Å². The van der Waals surface area contributed by atoms with Crippen LogP contribution in [0, 0.1) is 0 Å². The number of nitrogens with zero attached hydrogens (tertiary/aromatic N) is 2. The number of hydrogen-bond donors (Lipinski definition) is 2. The van der Waals surface area contributed by atoms with Crippen molar-refractivity contribution in [3.63, 3.8) is 0 Å². The standard InChI is InChI=1S/C22H24N4O3S/c27-18(23-11-16-7-4-10-29-16)13-30-22-25-19-17(14-5-2-1-3-6-14)12-24-20(19)21(28)26(22)15-8-9-15/h1-3,5-6,12,15-16,24H,4,7-11,13H2,(H,23,27). The summed E-state index contributed by atoms with van der Waals surface area (Å²) in [6, 6.07) is 10.1. The number of benzene rings is 1. The number of aromatic nitrogens is 3. The van der Waals surface area contributed by atoms with Crippen LogP contribution in [0.2, 0.25) is 0 Å². The summed E-state index contributed by atoms with van der Waals surface area (Å²) in [5.41, 5.74) is 3.02. The van der Waals surface area contributed by atoms with Gasteiger partial charge in [0.1, 0.15) is 11.0 Å². The summed E-state index contributed by atoms with van der Waals surface area (Å²) < 4.78 is 7.31. The highest BCUT2D eigenvalue weighted by Crippen LogP contribution is 2.37. The van der Waals surface area contributed by atoms with Gasteiger partial charge in [-0.3, -0.25) is 14.2 Å². The Hall–Kier alpha value is -2.58. The number of amides is 1. The highest BCUT2D eigenvalue weighted by molar-refractivity contribution is 7.99. The summed E-state index contributed by atoms with van der Waals surface area (Å²) in [6.07, 6.45) is 5.94. The highest BCUT2D eigenvalue weighted by atomic mass is 32.2. The highest BCUT2D eigenvalue weighted by Gasteiger charge is 2.30. The minimum absolute atomic E-state index is 0.0630. The van der Waals surface area contributed by atoms with E-state index in [1.807, 2.05) is 36.5 Å². The normalized spacial score (nSPS) is 18.7. The fraction of sp³-hybridized carbons (Fsp3) is 0.409. The second-order valence-electron chi connectivity index (χ2n) is 7.82. The van der Waals surface area contributed by atoms with E-state index in [4.69, 9.17) is 9.72 Å². The van der Waals surface area contributed by atoms with Crippen LogP contribution < -0.4 is 10.9 Å². The van der Waals surface area contributed by atoms with Crippen LogP contribution in [-0.4, -0.2) is 45.5 Å². The molecule has 7 nitrogen and oxygen atoms in total. The van der Waals surface area contributed by atoms with Gasteiger partial charge in [-0.25, -0.2) is 4.98 Å². The molecule has 1 aliphatic carbocycles. The Morgan fingerprint density at radius 2 is 2.10 bits per heavy atom. The summed E-state index contributed by atoms with van der Waals surface area (Å²) in [5, 5.41) is 3.55. The predicted molar refractivity (Wildman–Crippen MR) is 117 cm³/mol. The molecule has 5 rings (SSSR count). The lowest BCUT2D eigenvalue weighted by molar-refractivity contribution is -0.119. The van der Waals surface area contributed by atoms with Crippen molar-refractivity contribution >= 4 is 28.7 Å². The van der Waals surface area contributed by atoms with Crippen molar-refractivity contribution in [3.05, 3.63) is 46.9 Å². The van der Waals surface area contributed by atoms with Crippen LogP contribution in [0.15, 0.2) is 46.5 Å². The maximum absolute atomic E-state index is 13.2. The molecule has 8 heteroatoms. The topological polar surface area (TPSA) is 89.0 Å². The van der Waals surface area contributed by atoms with Gasteiger partial charge < -0.3 is 15.0 Å². The van der Waals surface area contributed by atoms with Gasteiger partial charge in [0.25, 0.3) is 5.56 Å². The Balaban J connectivity index is 1.41. The maximum Gasteiger partial charge on any atom is 0.278 e. The number of nitrogens with one attached hydrogen (secondary N) is 2. The zero-order valence-corrected chi connectivity index (χ0v) is 17.4. The minimum Gasteiger partial charge on any atom is -0.376 e. The lowest BCUT2D eigenvalue weighted by Gasteiger charge is -2.13. The lowest BCUT2D eigenvalue weighted by Crippen LogP contribution is -2.33. The van der Waals surface area contributed by atoms with Gasteiger partial charge in [-0.15, -0.1) is 0 Å². The first kappa shape index (κ1) is 19.4. The van der Waals surface area contributed by atoms with E-state index in [1.165, 1.54) is 11.8 Å².